The van der Waals surface area contributed by atoms with E-state index in [1.807, 2.05) is 48.7 Å². The summed E-state index contributed by atoms with van der Waals surface area (Å²) in [5.74, 6) is 0.824. The largest absolute Gasteiger partial charge is 0.497 e. The van der Waals surface area contributed by atoms with Gasteiger partial charge in [0.2, 0.25) is 0 Å². The lowest BCUT2D eigenvalue weighted by atomic mass is 10.0. The lowest BCUT2D eigenvalue weighted by Crippen LogP contribution is -2.30. The highest BCUT2D eigenvalue weighted by molar-refractivity contribution is 7.80. The average Bonchev–Trinajstić information content (AvgIpc) is 3.33. The Morgan fingerprint density at radius 1 is 1.07 bits per heavy atom. The number of anilines is 1. The van der Waals surface area contributed by atoms with Gasteiger partial charge in [-0.05, 0) is 74.6 Å². The molecular weight excluding hydrogens is 368 g/mol. The van der Waals surface area contributed by atoms with Crippen LogP contribution in [-0.2, 0) is 0 Å². The molecule has 1 aliphatic rings. The van der Waals surface area contributed by atoms with Gasteiger partial charge >= 0.3 is 0 Å². The van der Waals surface area contributed by atoms with Crippen LogP contribution in [0.5, 0.6) is 5.75 Å². The summed E-state index contributed by atoms with van der Waals surface area (Å²) in [6.07, 6.45) is 3.96. The molecule has 5 nitrogen and oxygen atoms in total. The third-order valence-corrected chi connectivity index (χ3v) is 5.43. The summed E-state index contributed by atoms with van der Waals surface area (Å²) in [5.41, 5.74) is 3.20. The van der Waals surface area contributed by atoms with Gasteiger partial charge < -0.3 is 19.5 Å². The standard InChI is InChI=1S/C22H24N4OS/c1-15(2)25-14-6-8-19(25)21-20(18-7-4-5-13-23-18)24-22(28)26(21)16-9-11-17(27-3)12-10-16/h4-15,20-21H,1-3H3,(H,24,28)/t20-,21+/m0/s1. The SMILES string of the molecule is COc1ccc(N2C(=S)N[C@@H](c3ccccn3)[C@H]2c2cccn2C(C)C)cc1. The summed E-state index contributed by atoms with van der Waals surface area (Å²) in [5, 5.41) is 4.20. The molecule has 2 atom stereocenters. The summed E-state index contributed by atoms with van der Waals surface area (Å²) in [4.78, 5) is 6.79. The van der Waals surface area contributed by atoms with Crippen LogP contribution in [0.4, 0.5) is 5.69 Å². The Bertz CT molecular complexity index is 952. The molecule has 1 N–H and O–H groups in total. The fourth-order valence-electron chi connectivity index (χ4n) is 3.80. The van der Waals surface area contributed by atoms with Crippen LogP contribution in [0.3, 0.4) is 0 Å². The summed E-state index contributed by atoms with van der Waals surface area (Å²) >= 11 is 5.77. The fourth-order valence-corrected chi connectivity index (χ4v) is 4.15. The van der Waals surface area contributed by atoms with E-state index in [0.29, 0.717) is 11.2 Å². The third kappa shape index (κ3) is 3.24. The van der Waals surface area contributed by atoms with Crippen molar-refractivity contribution >= 4 is 23.0 Å². The summed E-state index contributed by atoms with van der Waals surface area (Å²) < 4.78 is 7.62. The van der Waals surface area contributed by atoms with Crippen LogP contribution in [0.2, 0.25) is 0 Å². The molecule has 3 aromatic rings. The number of nitrogens with one attached hydrogen (secondary N) is 1. The van der Waals surface area contributed by atoms with Crippen molar-refractivity contribution in [2.75, 3.05) is 12.0 Å². The van der Waals surface area contributed by atoms with E-state index >= 15 is 0 Å². The van der Waals surface area contributed by atoms with Crippen molar-refractivity contribution in [1.82, 2.24) is 14.9 Å². The van der Waals surface area contributed by atoms with E-state index in [9.17, 15) is 0 Å². The summed E-state index contributed by atoms with van der Waals surface area (Å²) in [6.45, 7) is 4.38. The molecule has 1 fully saturated rings. The Kier molecular flexibility index (Phi) is 5.05. The number of aromatic nitrogens is 2. The molecule has 4 rings (SSSR count). The fraction of sp³-hybridized carbons (Fsp3) is 0.273. The predicted octanol–water partition coefficient (Wildman–Crippen LogP) is 4.65. The number of thiocarbonyl (C=S) groups is 1. The molecule has 3 heterocycles. The Morgan fingerprint density at radius 3 is 2.50 bits per heavy atom. The molecule has 28 heavy (non-hydrogen) atoms. The monoisotopic (exact) mass is 392 g/mol. The highest BCUT2D eigenvalue weighted by atomic mass is 32.1. The molecular formula is C22H24N4OS. The Morgan fingerprint density at radius 2 is 1.86 bits per heavy atom. The minimum atomic E-state index is -0.0387. The molecule has 0 saturated carbocycles. The molecule has 0 unspecified atom stereocenters. The molecule has 144 valence electrons. The van der Waals surface area contributed by atoms with Gasteiger partial charge in [-0.1, -0.05) is 6.07 Å². The quantitative estimate of drug-likeness (QED) is 0.640. The van der Waals surface area contributed by atoms with Crippen molar-refractivity contribution in [1.29, 1.82) is 0 Å². The maximum atomic E-state index is 5.77. The normalized spacial score (nSPS) is 19.1. The van der Waals surface area contributed by atoms with Crippen LogP contribution < -0.4 is 15.0 Å². The second kappa shape index (κ2) is 7.64. The van der Waals surface area contributed by atoms with E-state index in [-0.39, 0.29) is 12.1 Å². The van der Waals surface area contributed by atoms with E-state index < -0.39 is 0 Å². The zero-order valence-corrected chi connectivity index (χ0v) is 17.1. The topological polar surface area (TPSA) is 42.3 Å². The number of hydrogen-bond donors (Lipinski definition) is 1. The number of rotatable bonds is 5. The molecule has 0 aliphatic carbocycles. The van der Waals surface area contributed by atoms with Crippen molar-refractivity contribution in [3.05, 3.63) is 78.4 Å². The van der Waals surface area contributed by atoms with Crippen LogP contribution >= 0.6 is 12.2 Å². The minimum Gasteiger partial charge on any atom is -0.497 e. The summed E-state index contributed by atoms with van der Waals surface area (Å²) in [6, 6.07) is 18.6. The number of pyridine rings is 1. The van der Waals surface area contributed by atoms with Crippen molar-refractivity contribution < 1.29 is 4.74 Å². The summed E-state index contributed by atoms with van der Waals surface area (Å²) in [7, 11) is 1.67. The van der Waals surface area contributed by atoms with Crippen molar-refractivity contribution in [3.63, 3.8) is 0 Å². The van der Waals surface area contributed by atoms with Crippen LogP contribution in [0.1, 0.15) is 43.4 Å². The molecule has 1 aliphatic heterocycles. The molecule has 0 bridgehead atoms. The predicted molar refractivity (Wildman–Crippen MR) is 116 cm³/mol. The van der Waals surface area contributed by atoms with Gasteiger partial charge in [0.15, 0.2) is 5.11 Å². The van der Waals surface area contributed by atoms with Gasteiger partial charge in [-0.15, -0.1) is 0 Å². The molecule has 2 aromatic heterocycles. The van der Waals surface area contributed by atoms with Crippen molar-refractivity contribution in [3.8, 4) is 5.75 Å². The van der Waals surface area contributed by atoms with Crippen LogP contribution in [0.15, 0.2) is 67.0 Å². The third-order valence-electron chi connectivity index (χ3n) is 5.12. The van der Waals surface area contributed by atoms with E-state index in [1.165, 1.54) is 5.69 Å². The number of hydrogen-bond acceptors (Lipinski definition) is 3. The van der Waals surface area contributed by atoms with Gasteiger partial charge in [0.1, 0.15) is 11.8 Å². The molecule has 6 heteroatoms. The van der Waals surface area contributed by atoms with E-state index in [0.717, 1.165) is 17.1 Å². The number of ether oxygens (including phenoxy) is 1. The smallest absolute Gasteiger partial charge is 0.174 e. The number of methoxy groups -OCH3 is 1. The lowest BCUT2D eigenvalue weighted by molar-refractivity contribution is 0.415. The first-order valence-corrected chi connectivity index (χ1v) is 9.82. The Balaban J connectivity index is 1.83. The van der Waals surface area contributed by atoms with E-state index in [2.05, 4.69) is 51.9 Å². The lowest BCUT2D eigenvalue weighted by Gasteiger charge is -2.30. The first-order chi connectivity index (χ1) is 13.6. The molecule has 1 saturated heterocycles. The maximum absolute atomic E-state index is 5.77. The minimum absolute atomic E-state index is 0.00630. The van der Waals surface area contributed by atoms with Gasteiger partial charge in [-0.25, -0.2) is 0 Å². The van der Waals surface area contributed by atoms with Crippen molar-refractivity contribution in [2.45, 2.75) is 32.0 Å². The van der Waals surface area contributed by atoms with Gasteiger partial charge in [-0.3, -0.25) is 4.98 Å². The zero-order valence-electron chi connectivity index (χ0n) is 16.2. The van der Waals surface area contributed by atoms with Crippen LogP contribution in [-0.4, -0.2) is 21.8 Å². The van der Waals surface area contributed by atoms with Crippen LogP contribution in [0.25, 0.3) is 0 Å². The van der Waals surface area contributed by atoms with E-state index in [1.54, 1.807) is 7.11 Å². The molecule has 0 amide bonds. The van der Waals surface area contributed by atoms with Crippen LogP contribution in [0, 0.1) is 0 Å². The Labute approximate surface area is 171 Å². The highest BCUT2D eigenvalue weighted by Gasteiger charge is 2.42. The first kappa shape index (κ1) is 18.5. The first-order valence-electron chi connectivity index (χ1n) is 9.41. The van der Waals surface area contributed by atoms with Crippen molar-refractivity contribution in [2.24, 2.45) is 0 Å². The number of nitrogens with zero attached hydrogens (tertiary/aromatic N) is 3. The van der Waals surface area contributed by atoms with E-state index in [4.69, 9.17) is 17.0 Å². The number of benzene rings is 1. The second-order valence-electron chi connectivity index (χ2n) is 7.13. The highest BCUT2D eigenvalue weighted by Crippen LogP contribution is 2.42. The van der Waals surface area contributed by atoms with Gasteiger partial charge in [0.05, 0.1) is 18.8 Å². The average molecular weight is 393 g/mol. The van der Waals surface area contributed by atoms with Gasteiger partial charge in [0, 0.05) is 29.8 Å². The zero-order chi connectivity index (χ0) is 19.7. The maximum Gasteiger partial charge on any atom is 0.174 e. The second-order valence-corrected chi connectivity index (χ2v) is 7.52. The Hall–Kier alpha value is -2.86. The molecule has 0 radical (unpaired) electrons. The van der Waals surface area contributed by atoms with Gasteiger partial charge in [0.25, 0.3) is 0 Å². The molecule has 1 aromatic carbocycles. The van der Waals surface area contributed by atoms with Gasteiger partial charge in [-0.2, -0.15) is 0 Å². The molecule has 0 spiro atoms.